The molecule has 0 saturated heterocycles. The van der Waals surface area contributed by atoms with Crippen molar-refractivity contribution in [3.05, 3.63) is 113 Å². The molecule has 11 nitrogen and oxygen atoms in total. The molecular formula is C35H30ClF2N9O2. The summed E-state index contributed by atoms with van der Waals surface area (Å²) in [5.74, 6) is -0.622. The molecule has 1 aliphatic heterocycles. The van der Waals surface area contributed by atoms with Crippen LogP contribution in [-0.2, 0) is 4.79 Å². The number of halogens is 3. The lowest BCUT2D eigenvalue weighted by molar-refractivity contribution is -0.119. The zero-order valence-corrected chi connectivity index (χ0v) is 27.0. The lowest BCUT2D eigenvalue weighted by Gasteiger charge is -2.21. The number of pyridine rings is 1. The van der Waals surface area contributed by atoms with E-state index in [9.17, 15) is 18.4 Å². The highest BCUT2D eigenvalue weighted by Crippen LogP contribution is 2.36. The second-order valence-electron chi connectivity index (χ2n) is 11.9. The Balaban J connectivity index is 1.28. The number of alkyl halides is 2. The van der Waals surface area contributed by atoms with E-state index in [0.29, 0.717) is 57.2 Å². The van der Waals surface area contributed by atoms with Gasteiger partial charge in [-0.25, -0.2) is 14.3 Å². The number of aromatic nitrogens is 8. The second kappa shape index (κ2) is 13.5. The third kappa shape index (κ3) is 6.49. The first-order valence-corrected chi connectivity index (χ1v) is 16.1. The molecule has 1 aliphatic rings. The summed E-state index contributed by atoms with van der Waals surface area (Å²) in [6.07, 6.45) is 10.5. The maximum atomic E-state index is 14.1. The fourth-order valence-corrected chi connectivity index (χ4v) is 6.33. The second-order valence-corrected chi connectivity index (χ2v) is 12.4. The van der Waals surface area contributed by atoms with Crippen molar-refractivity contribution >= 4 is 23.2 Å². The highest BCUT2D eigenvalue weighted by molar-refractivity contribution is 6.31. The molecule has 2 aromatic carbocycles. The Kier molecular flexibility index (Phi) is 8.83. The van der Waals surface area contributed by atoms with Crippen LogP contribution in [0.4, 0.5) is 14.5 Å². The minimum atomic E-state index is -2.93. The van der Waals surface area contributed by atoms with Gasteiger partial charge in [0.2, 0.25) is 5.91 Å². The standard InChI is InChI=1S/C35H30ClF2N9O2/c1-21-6-2-3-10-30(22-7-4-8-23(14-22)33-28(42-34(21)49)18-41-47(33)35(37)38)45-20-40-27(16-32(45)48)26-15-25(36)11-12-31(26)46-19-29(43-44-46)24-9-5-13-39-17-24/h4-5,7-9,11-21,30,35H,2-3,6,10H2,1H3,(H,42,49)/t21-,30+/m1/s1. The van der Waals surface area contributed by atoms with E-state index in [1.54, 1.807) is 71.2 Å². The molecule has 0 unspecified atom stereocenters. The van der Waals surface area contributed by atoms with Crippen molar-refractivity contribution in [1.29, 1.82) is 0 Å². The number of hydrogen-bond donors (Lipinski definition) is 1. The van der Waals surface area contributed by atoms with E-state index in [-0.39, 0.29) is 28.8 Å². The normalized spacial score (nSPS) is 16.7. The zero-order chi connectivity index (χ0) is 34.1. The molecule has 0 fully saturated rings. The number of anilines is 1. The number of fused-ring (bicyclic) bond motifs is 4. The monoisotopic (exact) mass is 681 g/mol. The van der Waals surface area contributed by atoms with Crippen molar-refractivity contribution in [3.63, 3.8) is 0 Å². The van der Waals surface area contributed by atoms with Crippen LogP contribution in [0.25, 0.3) is 39.5 Å². The Bertz CT molecular complexity index is 2200. The number of nitrogens with one attached hydrogen (secondary N) is 1. The summed E-state index contributed by atoms with van der Waals surface area (Å²) < 4.78 is 31.9. The smallest absolute Gasteiger partial charge is 0.323 e. The first-order valence-electron chi connectivity index (χ1n) is 15.7. The van der Waals surface area contributed by atoms with E-state index < -0.39 is 12.6 Å². The Morgan fingerprint density at radius 1 is 0.959 bits per heavy atom. The van der Waals surface area contributed by atoms with Crippen LogP contribution in [0.2, 0.25) is 5.02 Å². The van der Waals surface area contributed by atoms with Crippen LogP contribution in [0.1, 0.15) is 50.8 Å². The third-order valence-corrected chi connectivity index (χ3v) is 8.93. The van der Waals surface area contributed by atoms with Crippen molar-refractivity contribution in [2.45, 2.75) is 45.2 Å². The molecule has 6 aromatic rings. The fourth-order valence-electron chi connectivity index (χ4n) is 6.16. The van der Waals surface area contributed by atoms with E-state index in [1.165, 1.54) is 18.6 Å². The van der Waals surface area contributed by atoms with Crippen LogP contribution in [0.15, 0.2) is 96.6 Å². The average molecular weight is 682 g/mol. The highest BCUT2D eigenvalue weighted by Gasteiger charge is 2.25. The Morgan fingerprint density at radius 2 is 1.80 bits per heavy atom. The molecule has 0 spiro atoms. The number of hydrogen-bond acceptors (Lipinski definition) is 7. The van der Waals surface area contributed by atoms with Gasteiger partial charge in [-0.2, -0.15) is 13.9 Å². The maximum absolute atomic E-state index is 14.1. The van der Waals surface area contributed by atoms with Gasteiger partial charge in [0.05, 0.1) is 47.5 Å². The molecule has 0 saturated carbocycles. The summed E-state index contributed by atoms with van der Waals surface area (Å²) in [7, 11) is 0. The predicted octanol–water partition coefficient (Wildman–Crippen LogP) is 7.20. The average Bonchev–Trinajstić information content (AvgIpc) is 3.77. The third-order valence-electron chi connectivity index (χ3n) is 8.70. The molecule has 5 heterocycles. The van der Waals surface area contributed by atoms with Crippen LogP contribution in [0, 0.1) is 5.92 Å². The number of carbonyl (C=O) groups is 1. The summed E-state index contributed by atoms with van der Waals surface area (Å²) in [5, 5.41) is 15.7. The molecule has 248 valence electrons. The maximum Gasteiger partial charge on any atom is 0.333 e. The number of nitrogens with zero attached hydrogens (tertiary/aromatic N) is 8. The van der Waals surface area contributed by atoms with Gasteiger partial charge in [-0.15, -0.1) is 5.10 Å². The van der Waals surface area contributed by atoms with E-state index in [2.05, 4.69) is 25.7 Å². The minimum absolute atomic E-state index is 0.0875. The largest absolute Gasteiger partial charge is 0.333 e. The van der Waals surface area contributed by atoms with Crippen molar-refractivity contribution in [2.75, 3.05) is 5.32 Å². The first-order chi connectivity index (χ1) is 23.8. The van der Waals surface area contributed by atoms with Gasteiger partial charge in [0.15, 0.2) is 0 Å². The predicted molar refractivity (Wildman–Crippen MR) is 180 cm³/mol. The van der Waals surface area contributed by atoms with Crippen LogP contribution in [0.3, 0.4) is 0 Å². The van der Waals surface area contributed by atoms with E-state index in [4.69, 9.17) is 16.6 Å². The molecule has 49 heavy (non-hydrogen) atoms. The zero-order valence-electron chi connectivity index (χ0n) is 26.2. The summed E-state index contributed by atoms with van der Waals surface area (Å²) in [5.41, 5.74) is 4.15. The van der Waals surface area contributed by atoms with Crippen molar-refractivity contribution < 1.29 is 13.6 Å². The molecular weight excluding hydrogens is 652 g/mol. The number of carbonyl (C=O) groups excluding carboxylic acids is 1. The number of rotatable bonds is 5. The van der Waals surface area contributed by atoms with Crippen molar-refractivity contribution in [2.24, 2.45) is 5.92 Å². The van der Waals surface area contributed by atoms with Crippen LogP contribution in [0.5, 0.6) is 0 Å². The Morgan fingerprint density at radius 3 is 2.59 bits per heavy atom. The van der Waals surface area contributed by atoms with E-state index in [0.717, 1.165) is 17.5 Å². The van der Waals surface area contributed by atoms with Crippen LogP contribution in [-0.4, -0.2) is 45.2 Å². The molecule has 7 rings (SSSR count). The summed E-state index contributed by atoms with van der Waals surface area (Å²) in [6.45, 7) is -1.12. The molecule has 0 radical (unpaired) electrons. The Hall–Kier alpha value is -5.56. The SMILES string of the molecule is C[C@@H]1CCCC[C@H](n2cnc(-c3cc(Cl)ccc3-n3cc(-c4cccnc4)nn3)cc2=O)c2cccc(c2)-c2c(cnn2C(F)F)NC1=O. The van der Waals surface area contributed by atoms with Crippen molar-refractivity contribution in [3.8, 4) is 39.5 Å². The van der Waals surface area contributed by atoms with Gasteiger partial charge in [-0.05, 0) is 54.8 Å². The molecule has 4 aromatic heterocycles. The molecule has 1 amide bonds. The van der Waals surface area contributed by atoms with Crippen molar-refractivity contribution in [1.82, 2.24) is 39.3 Å². The first kappa shape index (κ1) is 32.0. The lowest BCUT2D eigenvalue weighted by atomic mass is 9.96. The topological polar surface area (TPSA) is 125 Å². The van der Waals surface area contributed by atoms with Gasteiger partial charge < -0.3 is 5.32 Å². The van der Waals surface area contributed by atoms with E-state index in [1.807, 2.05) is 18.2 Å². The number of benzene rings is 2. The fraction of sp³-hybridized carbons (Fsp3) is 0.229. The summed E-state index contributed by atoms with van der Waals surface area (Å²) in [6, 6.07) is 17.0. The lowest BCUT2D eigenvalue weighted by Crippen LogP contribution is -2.26. The van der Waals surface area contributed by atoms with Gasteiger partial charge in [0, 0.05) is 46.1 Å². The molecule has 2 atom stereocenters. The summed E-state index contributed by atoms with van der Waals surface area (Å²) >= 11 is 6.42. The van der Waals surface area contributed by atoms with Crippen LogP contribution >= 0.6 is 11.6 Å². The molecule has 1 N–H and O–H groups in total. The quantitative estimate of drug-likeness (QED) is 0.204. The van der Waals surface area contributed by atoms with Gasteiger partial charge in [-0.1, -0.05) is 54.8 Å². The molecule has 2 bridgehead atoms. The minimum Gasteiger partial charge on any atom is -0.323 e. The Labute approximate surface area is 284 Å². The van der Waals surface area contributed by atoms with Gasteiger partial charge in [0.1, 0.15) is 5.69 Å². The summed E-state index contributed by atoms with van der Waals surface area (Å²) in [4.78, 5) is 35.8. The molecule has 0 aliphatic carbocycles. The van der Waals surface area contributed by atoms with Crippen LogP contribution < -0.4 is 10.9 Å². The van der Waals surface area contributed by atoms with Gasteiger partial charge >= 0.3 is 6.55 Å². The van der Waals surface area contributed by atoms with Gasteiger partial charge in [0.25, 0.3) is 5.56 Å². The van der Waals surface area contributed by atoms with E-state index >= 15 is 0 Å². The molecule has 14 heteroatoms. The highest BCUT2D eigenvalue weighted by atomic mass is 35.5. The number of amides is 1. The van der Waals surface area contributed by atoms with Gasteiger partial charge in [-0.3, -0.25) is 19.1 Å².